The van der Waals surface area contributed by atoms with Crippen molar-refractivity contribution in [2.24, 2.45) is 0 Å². The van der Waals surface area contributed by atoms with Crippen LogP contribution in [0.25, 0.3) is 0 Å². The fourth-order valence-electron chi connectivity index (χ4n) is 5.11. The average Bonchev–Trinajstić information content (AvgIpc) is 3.48. The SMILES string of the molecule is CC(C)(C)c1ccc(N(C(=O)c2c[nH]cn2)C(C(=O)N[C@@H]2c3ccccc3CC[C@H]2O)c2cccnc2)cc1. The van der Waals surface area contributed by atoms with Crippen LogP contribution in [0.15, 0.2) is 85.6 Å². The second-order valence-corrected chi connectivity index (χ2v) is 10.9. The van der Waals surface area contributed by atoms with Gasteiger partial charge in [0.2, 0.25) is 5.91 Å². The fraction of sp³-hybridized carbons (Fsp3) is 0.290. The number of pyridine rings is 1. The molecule has 8 heteroatoms. The number of benzene rings is 2. The van der Waals surface area contributed by atoms with Gasteiger partial charge in [-0.25, -0.2) is 4.98 Å². The average molecular weight is 524 g/mol. The number of nitrogens with zero attached hydrogens (tertiary/aromatic N) is 3. The van der Waals surface area contributed by atoms with Crippen molar-refractivity contribution < 1.29 is 14.7 Å². The summed E-state index contributed by atoms with van der Waals surface area (Å²) >= 11 is 0. The second kappa shape index (κ2) is 10.8. The summed E-state index contributed by atoms with van der Waals surface area (Å²) in [4.78, 5) is 40.9. The van der Waals surface area contributed by atoms with E-state index in [0.717, 1.165) is 23.1 Å². The number of hydrogen-bond donors (Lipinski definition) is 3. The van der Waals surface area contributed by atoms with Crippen LogP contribution >= 0.6 is 0 Å². The highest BCUT2D eigenvalue weighted by Gasteiger charge is 2.38. The summed E-state index contributed by atoms with van der Waals surface area (Å²) in [5.41, 5.74) is 4.26. The zero-order valence-corrected chi connectivity index (χ0v) is 22.3. The van der Waals surface area contributed by atoms with Gasteiger partial charge < -0.3 is 15.4 Å². The summed E-state index contributed by atoms with van der Waals surface area (Å²) in [6, 6.07) is 17.3. The lowest BCUT2D eigenvalue weighted by Gasteiger charge is -2.35. The maximum Gasteiger partial charge on any atom is 0.279 e. The number of carbonyl (C=O) groups is 2. The minimum atomic E-state index is -1.07. The van der Waals surface area contributed by atoms with E-state index in [1.807, 2.05) is 48.5 Å². The molecule has 2 aromatic heterocycles. The van der Waals surface area contributed by atoms with Crippen molar-refractivity contribution in [3.05, 3.63) is 114 Å². The van der Waals surface area contributed by atoms with Gasteiger partial charge >= 0.3 is 0 Å². The molecule has 0 fully saturated rings. The predicted molar refractivity (Wildman–Crippen MR) is 149 cm³/mol. The van der Waals surface area contributed by atoms with Gasteiger partial charge in [-0.05, 0) is 53.1 Å². The molecular formula is C31H33N5O3. The van der Waals surface area contributed by atoms with Crippen molar-refractivity contribution in [3.63, 3.8) is 0 Å². The van der Waals surface area contributed by atoms with Crippen molar-refractivity contribution in [2.75, 3.05) is 4.90 Å². The molecule has 0 saturated heterocycles. The monoisotopic (exact) mass is 523 g/mol. The van der Waals surface area contributed by atoms with Crippen LogP contribution in [0.5, 0.6) is 0 Å². The smallest absolute Gasteiger partial charge is 0.279 e. The molecule has 0 radical (unpaired) electrons. The Balaban J connectivity index is 1.59. The molecule has 2 aromatic carbocycles. The Morgan fingerprint density at radius 2 is 1.85 bits per heavy atom. The fourth-order valence-corrected chi connectivity index (χ4v) is 5.11. The highest BCUT2D eigenvalue weighted by molar-refractivity contribution is 6.09. The molecule has 1 aliphatic carbocycles. The van der Waals surface area contributed by atoms with E-state index in [9.17, 15) is 14.7 Å². The van der Waals surface area contributed by atoms with Crippen molar-refractivity contribution in [1.29, 1.82) is 0 Å². The summed E-state index contributed by atoms with van der Waals surface area (Å²) in [6.07, 6.45) is 6.67. The van der Waals surface area contributed by atoms with Crippen molar-refractivity contribution in [2.45, 2.75) is 57.2 Å². The molecule has 200 valence electrons. The first-order chi connectivity index (χ1) is 18.7. The third-order valence-electron chi connectivity index (χ3n) is 7.24. The number of H-pyrrole nitrogens is 1. The zero-order chi connectivity index (χ0) is 27.6. The number of imidazole rings is 1. The van der Waals surface area contributed by atoms with Crippen molar-refractivity contribution in [3.8, 4) is 0 Å². The van der Waals surface area contributed by atoms with Crippen LogP contribution in [0.1, 0.15) is 72.0 Å². The van der Waals surface area contributed by atoms with E-state index in [1.54, 1.807) is 24.5 Å². The first-order valence-electron chi connectivity index (χ1n) is 13.1. The number of aliphatic hydroxyl groups is 1. The number of amides is 2. The van der Waals surface area contributed by atoms with Gasteiger partial charge in [0.25, 0.3) is 5.91 Å². The highest BCUT2D eigenvalue weighted by atomic mass is 16.3. The Bertz CT molecular complexity index is 1430. The number of aliphatic hydroxyl groups excluding tert-OH is 1. The third kappa shape index (κ3) is 5.47. The molecule has 0 aliphatic heterocycles. The summed E-state index contributed by atoms with van der Waals surface area (Å²) in [7, 11) is 0. The molecule has 2 heterocycles. The number of rotatable bonds is 6. The van der Waals surface area contributed by atoms with Gasteiger partial charge in [0, 0.05) is 29.8 Å². The first kappa shape index (κ1) is 26.3. The number of fused-ring (bicyclic) bond motifs is 1. The Kier molecular flexibility index (Phi) is 7.30. The molecular weight excluding hydrogens is 490 g/mol. The molecule has 2 amide bonds. The zero-order valence-electron chi connectivity index (χ0n) is 22.3. The van der Waals surface area contributed by atoms with E-state index in [4.69, 9.17) is 0 Å². The molecule has 0 bridgehead atoms. The van der Waals surface area contributed by atoms with E-state index < -0.39 is 30.0 Å². The van der Waals surface area contributed by atoms with E-state index in [0.29, 0.717) is 17.7 Å². The highest BCUT2D eigenvalue weighted by Crippen LogP contribution is 2.34. The summed E-state index contributed by atoms with van der Waals surface area (Å²) in [5.74, 6) is -0.860. The molecule has 3 N–H and O–H groups in total. The minimum Gasteiger partial charge on any atom is -0.391 e. The van der Waals surface area contributed by atoms with Gasteiger partial charge in [-0.2, -0.15) is 0 Å². The van der Waals surface area contributed by atoms with Gasteiger partial charge in [0.15, 0.2) is 0 Å². The van der Waals surface area contributed by atoms with Crippen LogP contribution in [0.2, 0.25) is 0 Å². The van der Waals surface area contributed by atoms with Crippen LogP contribution < -0.4 is 10.2 Å². The van der Waals surface area contributed by atoms with Crippen molar-refractivity contribution in [1.82, 2.24) is 20.3 Å². The van der Waals surface area contributed by atoms with Gasteiger partial charge in [-0.3, -0.25) is 19.5 Å². The number of aryl methyl sites for hydroxylation is 1. The Hall–Kier alpha value is -4.30. The van der Waals surface area contributed by atoms with Gasteiger partial charge in [-0.15, -0.1) is 0 Å². The van der Waals surface area contributed by atoms with Crippen LogP contribution in [-0.4, -0.2) is 38.0 Å². The topological polar surface area (TPSA) is 111 Å². The van der Waals surface area contributed by atoms with Crippen LogP contribution in [0.3, 0.4) is 0 Å². The van der Waals surface area contributed by atoms with Crippen molar-refractivity contribution >= 4 is 17.5 Å². The Morgan fingerprint density at radius 1 is 1.08 bits per heavy atom. The van der Waals surface area contributed by atoms with Gasteiger partial charge in [-0.1, -0.05) is 63.2 Å². The second-order valence-electron chi connectivity index (χ2n) is 10.9. The number of carbonyl (C=O) groups excluding carboxylic acids is 2. The molecule has 0 saturated carbocycles. The van der Waals surface area contributed by atoms with Crippen LogP contribution in [0, 0.1) is 0 Å². The molecule has 1 aliphatic rings. The third-order valence-corrected chi connectivity index (χ3v) is 7.24. The molecule has 4 aromatic rings. The molecule has 0 spiro atoms. The number of aromatic amines is 1. The quantitative estimate of drug-likeness (QED) is 0.341. The molecule has 39 heavy (non-hydrogen) atoms. The van der Waals surface area contributed by atoms with E-state index in [-0.39, 0.29) is 11.1 Å². The lowest BCUT2D eigenvalue weighted by atomic mass is 9.85. The minimum absolute atomic E-state index is 0.0831. The van der Waals surface area contributed by atoms with E-state index >= 15 is 0 Å². The molecule has 8 nitrogen and oxygen atoms in total. The van der Waals surface area contributed by atoms with Crippen LogP contribution in [-0.2, 0) is 16.6 Å². The molecule has 1 unspecified atom stereocenters. The Morgan fingerprint density at radius 3 is 2.51 bits per heavy atom. The normalized spacial score (nSPS) is 17.6. The van der Waals surface area contributed by atoms with E-state index in [2.05, 4.69) is 41.0 Å². The number of nitrogens with one attached hydrogen (secondary N) is 2. The number of hydrogen-bond acceptors (Lipinski definition) is 5. The summed E-state index contributed by atoms with van der Waals surface area (Å²) in [5, 5.41) is 14.0. The summed E-state index contributed by atoms with van der Waals surface area (Å²) < 4.78 is 0. The van der Waals surface area contributed by atoms with E-state index in [1.165, 1.54) is 17.4 Å². The largest absolute Gasteiger partial charge is 0.391 e. The first-order valence-corrected chi connectivity index (χ1v) is 13.1. The predicted octanol–water partition coefficient (Wildman–Crippen LogP) is 4.65. The summed E-state index contributed by atoms with van der Waals surface area (Å²) in [6.45, 7) is 6.36. The van der Waals surface area contributed by atoms with Gasteiger partial charge in [0.05, 0.1) is 18.5 Å². The molecule has 5 rings (SSSR count). The lowest BCUT2D eigenvalue weighted by molar-refractivity contribution is -0.124. The maximum absolute atomic E-state index is 14.2. The maximum atomic E-state index is 14.2. The standard InChI is InChI=1S/C31H33N5O3/c1-31(2,3)22-11-13-23(14-12-22)36(30(39)25-18-33-19-34-25)28(21-8-6-16-32-17-21)29(38)35-27-24-9-5-4-7-20(24)10-15-26(27)37/h4-9,11-14,16-19,26-28,37H,10,15H2,1-3H3,(H,33,34)(H,35,38)/t26-,27-,28?/m1/s1. The number of anilines is 1. The lowest BCUT2D eigenvalue weighted by Crippen LogP contribution is -2.47. The van der Waals surface area contributed by atoms with Gasteiger partial charge in [0.1, 0.15) is 11.7 Å². The van der Waals surface area contributed by atoms with Crippen LogP contribution in [0.4, 0.5) is 5.69 Å². The Labute approximate surface area is 228 Å². The molecule has 3 atom stereocenters. The number of aromatic nitrogens is 3.